The number of carbonyl (C=O) groups is 2. The Kier molecular flexibility index (Phi) is 10.2. The molecule has 1 saturated carbocycles. The molecule has 2 aromatic rings. The lowest BCUT2D eigenvalue weighted by Gasteiger charge is -2.45. The van der Waals surface area contributed by atoms with Gasteiger partial charge in [-0.2, -0.15) is 0 Å². The average Bonchev–Trinajstić information content (AvgIpc) is 3.18. The van der Waals surface area contributed by atoms with Crippen LogP contribution in [0.25, 0.3) is 0 Å². The number of rotatable bonds is 11. The second-order valence-electron chi connectivity index (χ2n) is 13.4. The molecule has 6 atom stereocenters. The molecule has 8 nitrogen and oxygen atoms in total. The van der Waals surface area contributed by atoms with Crippen molar-refractivity contribution in [2.45, 2.75) is 75.0 Å². The number of carbonyl (C=O) groups excluding carboxylic acids is 2. The molecule has 2 N–H and O–H groups in total. The molecule has 1 heterocycles. The highest BCUT2D eigenvalue weighted by Gasteiger charge is 2.46. The van der Waals surface area contributed by atoms with Gasteiger partial charge in [-0.1, -0.05) is 35.9 Å². The average molecular weight is 651 g/mol. The van der Waals surface area contributed by atoms with Crippen molar-refractivity contribution in [1.82, 2.24) is 4.90 Å². The molecule has 46 heavy (non-hydrogen) atoms. The largest absolute Gasteiger partial charge is 0.490 e. The summed E-state index contributed by atoms with van der Waals surface area (Å²) in [7, 11) is 2.86. The van der Waals surface area contributed by atoms with Gasteiger partial charge in [0.1, 0.15) is 5.75 Å². The number of nitrogens with zero attached hydrogens (tertiary/aromatic N) is 2. The minimum atomic E-state index is -2.22. The summed E-state index contributed by atoms with van der Waals surface area (Å²) in [6, 6.07) is 11.2. The Labute approximate surface area is 277 Å². The summed E-state index contributed by atoms with van der Waals surface area (Å²) in [4.78, 5) is 30.4. The number of ether oxygens (including phenoxy) is 2. The van der Waals surface area contributed by atoms with Crippen LogP contribution in [0.3, 0.4) is 0 Å². The van der Waals surface area contributed by atoms with Gasteiger partial charge in [-0.05, 0) is 98.2 Å². The lowest BCUT2D eigenvalue weighted by Crippen LogP contribution is -2.49. The smallest absolute Gasteiger partial charge is 0.343 e. The number of halogens is 1. The first-order valence-corrected chi connectivity index (χ1v) is 16.6. The first kappa shape index (κ1) is 34.0. The fourth-order valence-electron chi connectivity index (χ4n) is 7.55. The molecular formula is C37H47ClN2O6. The maximum Gasteiger partial charge on any atom is 0.343 e. The molecule has 5 rings (SSSR count). The van der Waals surface area contributed by atoms with Gasteiger partial charge in [0.15, 0.2) is 5.60 Å². The van der Waals surface area contributed by atoms with E-state index in [0.717, 1.165) is 37.8 Å². The van der Waals surface area contributed by atoms with Crippen molar-refractivity contribution < 1.29 is 29.3 Å². The molecule has 0 unspecified atom stereocenters. The second-order valence-corrected chi connectivity index (χ2v) is 13.9. The molecule has 1 fully saturated rings. The van der Waals surface area contributed by atoms with E-state index in [1.54, 1.807) is 37.4 Å². The molecule has 3 aliphatic rings. The van der Waals surface area contributed by atoms with Gasteiger partial charge in [0, 0.05) is 36.6 Å². The first-order chi connectivity index (χ1) is 22.0. The van der Waals surface area contributed by atoms with Crippen LogP contribution in [0, 0.1) is 11.8 Å². The van der Waals surface area contributed by atoms with Gasteiger partial charge in [-0.15, -0.1) is 13.2 Å². The van der Waals surface area contributed by atoms with Crippen molar-refractivity contribution in [3.8, 4) is 5.75 Å². The van der Waals surface area contributed by atoms with Gasteiger partial charge in [0.05, 0.1) is 31.9 Å². The number of aryl methyl sites for hydroxylation is 1. The molecule has 0 aromatic heterocycles. The van der Waals surface area contributed by atoms with E-state index in [9.17, 15) is 19.8 Å². The Morgan fingerprint density at radius 2 is 2.04 bits per heavy atom. The number of methoxy groups -OCH3 is 1. The third kappa shape index (κ3) is 6.44. The minimum absolute atomic E-state index is 0.0967. The van der Waals surface area contributed by atoms with E-state index < -0.39 is 30.0 Å². The zero-order chi connectivity index (χ0) is 33.2. The maximum absolute atomic E-state index is 13.4. The fraction of sp³-hybridized carbons (Fsp3) is 0.514. The summed E-state index contributed by atoms with van der Waals surface area (Å²) in [5.41, 5.74) is 0.916. The van der Waals surface area contributed by atoms with Gasteiger partial charge >= 0.3 is 5.97 Å². The summed E-state index contributed by atoms with van der Waals surface area (Å²) >= 11 is 6.41. The number of aliphatic hydroxyl groups is 2. The number of amides is 1. The van der Waals surface area contributed by atoms with E-state index in [-0.39, 0.29) is 28.9 Å². The molecule has 1 spiro atoms. The van der Waals surface area contributed by atoms with E-state index in [1.807, 2.05) is 13.0 Å². The van der Waals surface area contributed by atoms with Crippen LogP contribution < -0.4 is 9.64 Å². The molecular weight excluding hydrogens is 604 g/mol. The van der Waals surface area contributed by atoms with E-state index >= 15 is 0 Å². The highest BCUT2D eigenvalue weighted by Crippen LogP contribution is 2.47. The van der Waals surface area contributed by atoms with Crippen LogP contribution in [0.4, 0.5) is 5.69 Å². The van der Waals surface area contributed by atoms with Crippen LogP contribution >= 0.6 is 11.6 Å². The van der Waals surface area contributed by atoms with Gasteiger partial charge in [-0.3, -0.25) is 4.79 Å². The summed E-state index contributed by atoms with van der Waals surface area (Å²) in [5.74, 6) is -0.350. The molecule has 2 aliphatic carbocycles. The Balaban J connectivity index is 1.56. The van der Waals surface area contributed by atoms with E-state index in [2.05, 4.69) is 30.2 Å². The number of anilines is 1. The summed E-state index contributed by atoms with van der Waals surface area (Å²) in [5, 5.41) is 23.3. The summed E-state index contributed by atoms with van der Waals surface area (Å²) in [6.45, 7) is 11.2. The summed E-state index contributed by atoms with van der Waals surface area (Å²) < 4.78 is 11.7. The third-order valence-corrected chi connectivity index (χ3v) is 10.9. The molecule has 0 saturated heterocycles. The standard InChI is InChI=1S/C37H47ClN2O6/c1-6-9-24(3)39(4)34(42)20-37(44,35(43)45-5)27-12-16-33-31(19-27)40(21-26-11-14-29(26)32(41)7-2)22-36(23-46-33)17-8-10-25-18-28(38)13-15-30(25)36/h6-7,12-13,15-16,18-19,24,26,29,32,41,44H,1-2,8-11,14,17,20-23H2,3-5H3/t24-,26+,29-,32+,36+,37-/m1/s1. The Morgan fingerprint density at radius 3 is 2.72 bits per heavy atom. The lowest BCUT2D eigenvalue weighted by molar-refractivity contribution is -0.168. The van der Waals surface area contributed by atoms with Crippen LogP contribution in [0.5, 0.6) is 5.75 Å². The second kappa shape index (κ2) is 13.8. The normalized spacial score (nSPS) is 24.5. The number of hydrogen-bond acceptors (Lipinski definition) is 7. The van der Waals surface area contributed by atoms with Crippen molar-refractivity contribution in [2.24, 2.45) is 11.8 Å². The molecule has 248 valence electrons. The van der Waals surface area contributed by atoms with Crippen LogP contribution in [-0.4, -0.2) is 73.0 Å². The minimum Gasteiger partial charge on any atom is -0.490 e. The maximum atomic E-state index is 13.4. The lowest BCUT2D eigenvalue weighted by atomic mass is 9.68. The Hall–Kier alpha value is -3.33. The molecule has 1 aliphatic heterocycles. The van der Waals surface area contributed by atoms with Gasteiger partial charge in [0.2, 0.25) is 5.91 Å². The summed E-state index contributed by atoms with van der Waals surface area (Å²) in [6.07, 6.45) is 7.61. The van der Waals surface area contributed by atoms with Crippen molar-refractivity contribution in [1.29, 1.82) is 0 Å². The van der Waals surface area contributed by atoms with Crippen molar-refractivity contribution in [2.75, 3.05) is 38.8 Å². The molecule has 0 bridgehead atoms. The topological polar surface area (TPSA) is 99.5 Å². The van der Waals surface area contributed by atoms with Gasteiger partial charge in [0.25, 0.3) is 0 Å². The Morgan fingerprint density at radius 1 is 1.26 bits per heavy atom. The Bertz CT molecular complexity index is 1480. The van der Waals surface area contributed by atoms with Crippen molar-refractivity contribution in [3.63, 3.8) is 0 Å². The van der Waals surface area contributed by atoms with Crippen molar-refractivity contribution in [3.05, 3.63) is 83.4 Å². The molecule has 0 radical (unpaired) electrons. The van der Waals surface area contributed by atoms with Crippen molar-refractivity contribution >= 4 is 29.2 Å². The highest BCUT2D eigenvalue weighted by molar-refractivity contribution is 6.30. The zero-order valence-electron chi connectivity index (χ0n) is 27.2. The van der Waals surface area contributed by atoms with Crippen LogP contribution in [-0.2, 0) is 31.8 Å². The third-order valence-electron chi connectivity index (χ3n) is 10.6. The number of aliphatic hydroxyl groups excluding tert-OH is 1. The number of benzene rings is 2. The first-order valence-electron chi connectivity index (χ1n) is 16.3. The molecule has 9 heteroatoms. The SMILES string of the molecule is C=CC[C@@H](C)N(C)C(=O)C[C@](O)(C(=O)OC)c1ccc2c(c1)N(C[C@@H]1CC[C@H]1[C@@H](O)C=C)C[C@@]1(CCCc3cc(Cl)ccc31)CO2. The number of hydrogen-bond donors (Lipinski definition) is 2. The van der Waals surface area contributed by atoms with Gasteiger partial charge in [-0.25, -0.2) is 4.79 Å². The number of fused-ring (bicyclic) bond motifs is 3. The van der Waals surface area contributed by atoms with Crippen LogP contribution in [0.1, 0.15) is 62.1 Å². The predicted octanol–water partition coefficient (Wildman–Crippen LogP) is 5.56. The molecule has 1 amide bonds. The van der Waals surface area contributed by atoms with Gasteiger partial charge < -0.3 is 29.5 Å². The number of esters is 1. The quantitative estimate of drug-likeness (QED) is 0.243. The highest BCUT2D eigenvalue weighted by atomic mass is 35.5. The zero-order valence-corrected chi connectivity index (χ0v) is 28.0. The monoisotopic (exact) mass is 650 g/mol. The van der Waals surface area contributed by atoms with Crippen LogP contribution in [0.2, 0.25) is 5.02 Å². The van der Waals surface area contributed by atoms with E-state index in [1.165, 1.54) is 23.1 Å². The molecule has 2 aromatic carbocycles. The predicted molar refractivity (Wildman–Crippen MR) is 180 cm³/mol. The van der Waals surface area contributed by atoms with E-state index in [4.69, 9.17) is 21.1 Å². The van der Waals surface area contributed by atoms with E-state index in [0.29, 0.717) is 36.9 Å². The van der Waals surface area contributed by atoms with Crippen LogP contribution in [0.15, 0.2) is 61.7 Å². The fourth-order valence-corrected chi connectivity index (χ4v) is 7.74.